The van der Waals surface area contributed by atoms with Crippen LogP contribution in [0.5, 0.6) is 0 Å². The number of anilines is 1. The normalized spacial score (nSPS) is 12.0. The number of aryl methyl sites for hydroxylation is 2. The van der Waals surface area contributed by atoms with Gasteiger partial charge in [-0.15, -0.1) is 5.10 Å². The first-order valence-corrected chi connectivity index (χ1v) is 9.01. The molecular weight excluding hydrogens is 372 g/mol. The largest absolute Gasteiger partial charge is 0.325 e. The van der Waals surface area contributed by atoms with E-state index in [1.54, 1.807) is 11.6 Å². The minimum atomic E-state index is -1.02. The summed E-state index contributed by atoms with van der Waals surface area (Å²) in [5.74, 6) is -2.36. The highest BCUT2D eigenvalue weighted by Gasteiger charge is 2.20. The van der Waals surface area contributed by atoms with Crippen LogP contribution in [0.1, 0.15) is 18.1 Å². The third kappa shape index (κ3) is 4.30. The van der Waals surface area contributed by atoms with Gasteiger partial charge < -0.3 is 5.32 Å². The Balaban J connectivity index is 1.75. The summed E-state index contributed by atoms with van der Waals surface area (Å²) in [5.41, 5.74) is 3.07. The van der Waals surface area contributed by atoms with Crippen LogP contribution in [0.4, 0.5) is 14.5 Å². The van der Waals surface area contributed by atoms with Crippen LogP contribution in [-0.2, 0) is 4.79 Å². The Hall–Kier alpha value is -2.81. The fourth-order valence-electron chi connectivity index (χ4n) is 2.38. The third-order valence-corrected chi connectivity index (χ3v) is 4.91. The smallest absolute Gasteiger partial charge is 0.237 e. The topological polar surface area (TPSA) is 72.7 Å². The van der Waals surface area contributed by atoms with Crippen LogP contribution in [0.15, 0.2) is 41.6 Å². The van der Waals surface area contributed by atoms with E-state index in [-0.39, 0.29) is 11.6 Å². The van der Waals surface area contributed by atoms with Crippen molar-refractivity contribution >= 4 is 23.4 Å². The molecule has 0 aliphatic rings. The number of aromatic nitrogens is 4. The predicted molar refractivity (Wildman–Crippen MR) is 98.9 cm³/mol. The molecule has 3 aromatic rings. The Kier molecular flexibility index (Phi) is 5.50. The second-order valence-electron chi connectivity index (χ2n) is 6.04. The van der Waals surface area contributed by atoms with Gasteiger partial charge in [0.1, 0.15) is 0 Å². The van der Waals surface area contributed by atoms with Gasteiger partial charge in [0.05, 0.1) is 10.9 Å². The lowest BCUT2D eigenvalue weighted by molar-refractivity contribution is -0.115. The van der Waals surface area contributed by atoms with E-state index in [1.807, 2.05) is 32.0 Å². The second-order valence-corrected chi connectivity index (χ2v) is 7.35. The standard InChI is InChI=1S/C18H17F2N5OS/c1-10-4-5-11(2)16(8-10)25-18(22-23-24-25)27-12(3)17(26)21-13-6-7-14(19)15(20)9-13/h4-9,12H,1-3H3,(H,21,26)/t12-/m0/s1. The maximum absolute atomic E-state index is 13.3. The van der Waals surface area contributed by atoms with Crippen molar-refractivity contribution in [2.45, 2.75) is 31.2 Å². The molecule has 0 saturated carbocycles. The molecule has 0 spiro atoms. The molecule has 1 atom stereocenters. The third-order valence-electron chi connectivity index (χ3n) is 3.87. The number of nitrogens with one attached hydrogen (secondary N) is 1. The number of hydrogen-bond acceptors (Lipinski definition) is 5. The first-order valence-electron chi connectivity index (χ1n) is 8.13. The molecule has 6 nitrogen and oxygen atoms in total. The highest BCUT2D eigenvalue weighted by molar-refractivity contribution is 8.00. The van der Waals surface area contributed by atoms with Gasteiger partial charge >= 0.3 is 0 Å². The molecule has 3 rings (SSSR count). The summed E-state index contributed by atoms with van der Waals surface area (Å²) in [4.78, 5) is 12.4. The fraction of sp³-hybridized carbons (Fsp3) is 0.222. The maximum atomic E-state index is 13.3. The van der Waals surface area contributed by atoms with Gasteiger partial charge in [0.2, 0.25) is 11.1 Å². The van der Waals surface area contributed by atoms with Gasteiger partial charge in [-0.2, -0.15) is 4.68 Å². The van der Waals surface area contributed by atoms with Crippen molar-refractivity contribution in [1.82, 2.24) is 20.2 Å². The van der Waals surface area contributed by atoms with E-state index in [1.165, 1.54) is 17.8 Å². The van der Waals surface area contributed by atoms with Crippen LogP contribution in [0.25, 0.3) is 5.69 Å². The molecule has 140 valence electrons. The van der Waals surface area contributed by atoms with Crippen LogP contribution in [0.3, 0.4) is 0 Å². The summed E-state index contributed by atoms with van der Waals surface area (Å²) in [6.45, 7) is 5.60. The summed E-state index contributed by atoms with van der Waals surface area (Å²) >= 11 is 1.17. The lowest BCUT2D eigenvalue weighted by Gasteiger charge is -2.13. The zero-order valence-electron chi connectivity index (χ0n) is 14.9. The summed E-state index contributed by atoms with van der Waals surface area (Å²) in [6.07, 6.45) is 0. The zero-order valence-corrected chi connectivity index (χ0v) is 15.7. The van der Waals surface area contributed by atoms with Crippen LogP contribution >= 0.6 is 11.8 Å². The Morgan fingerprint density at radius 3 is 2.67 bits per heavy atom. The second kappa shape index (κ2) is 7.83. The number of tetrazole rings is 1. The summed E-state index contributed by atoms with van der Waals surface area (Å²) in [5, 5.41) is 14.2. The van der Waals surface area contributed by atoms with Crippen LogP contribution < -0.4 is 5.32 Å². The van der Waals surface area contributed by atoms with Crippen molar-refractivity contribution in [3.63, 3.8) is 0 Å². The van der Waals surface area contributed by atoms with E-state index in [4.69, 9.17) is 0 Å². The van der Waals surface area contributed by atoms with Crippen molar-refractivity contribution in [1.29, 1.82) is 0 Å². The summed E-state index contributed by atoms with van der Waals surface area (Å²) < 4.78 is 27.9. The van der Waals surface area contributed by atoms with Crippen molar-refractivity contribution in [3.8, 4) is 5.69 Å². The molecule has 0 unspecified atom stereocenters. The number of thioether (sulfide) groups is 1. The van der Waals surface area contributed by atoms with Gasteiger partial charge in [-0.3, -0.25) is 4.79 Å². The van der Waals surface area contributed by atoms with E-state index in [0.717, 1.165) is 28.9 Å². The van der Waals surface area contributed by atoms with E-state index < -0.39 is 16.9 Å². The number of rotatable bonds is 5. The monoisotopic (exact) mass is 389 g/mol. The number of halogens is 2. The molecule has 1 heterocycles. The summed E-state index contributed by atoms with van der Waals surface area (Å²) in [6, 6.07) is 9.12. The average molecular weight is 389 g/mol. The number of benzene rings is 2. The maximum Gasteiger partial charge on any atom is 0.237 e. The van der Waals surface area contributed by atoms with Gasteiger partial charge in [-0.1, -0.05) is 23.9 Å². The van der Waals surface area contributed by atoms with Crippen molar-refractivity contribution in [2.75, 3.05) is 5.32 Å². The first kappa shape index (κ1) is 19.0. The zero-order chi connectivity index (χ0) is 19.6. The molecule has 0 radical (unpaired) electrons. The van der Waals surface area contributed by atoms with Gasteiger partial charge in [0, 0.05) is 11.8 Å². The Morgan fingerprint density at radius 2 is 1.93 bits per heavy atom. The number of nitrogens with zero attached hydrogens (tertiary/aromatic N) is 4. The SMILES string of the molecule is Cc1ccc(C)c(-n2nnnc2S[C@@H](C)C(=O)Nc2ccc(F)c(F)c2)c1. The lowest BCUT2D eigenvalue weighted by atomic mass is 10.1. The Bertz CT molecular complexity index is 992. The van der Waals surface area contributed by atoms with Gasteiger partial charge in [-0.25, -0.2) is 8.78 Å². The van der Waals surface area contributed by atoms with Crippen LogP contribution in [0.2, 0.25) is 0 Å². The molecule has 0 aliphatic heterocycles. The average Bonchev–Trinajstić information content (AvgIpc) is 3.08. The minimum Gasteiger partial charge on any atom is -0.325 e. The van der Waals surface area contributed by atoms with Gasteiger partial charge in [0.15, 0.2) is 11.6 Å². The van der Waals surface area contributed by atoms with Gasteiger partial charge in [0.25, 0.3) is 0 Å². The molecule has 0 aliphatic carbocycles. The fourth-order valence-corrected chi connectivity index (χ4v) is 3.18. The number of hydrogen-bond donors (Lipinski definition) is 1. The first-order chi connectivity index (χ1) is 12.8. The van der Waals surface area contributed by atoms with E-state index in [9.17, 15) is 13.6 Å². The molecule has 0 bridgehead atoms. The van der Waals surface area contributed by atoms with Crippen LogP contribution in [-0.4, -0.2) is 31.4 Å². The van der Waals surface area contributed by atoms with E-state index >= 15 is 0 Å². The molecule has 0 saturated heterocycles. The molecule has 1 amide bonds. The van der Waals surface area contributed by atoms with Crippen molar-refractivity contribution in [2.24, 2.45) is 0 Å². The molecular formula is C18H17F2N5OS. The quantitative estimate of drug-likeness (QED) is 0.674. The highest BCUT2D eigenvalue weighted by atomic mass is 32.2. The van der Waals surface area contributed by atoms with Crippen molar-refractivity contribution < 1.29 is 13.6 Å². The Morgan fingerprint density at radius 1 is 1.15 bits per heavy atom. The number of carbonyl (C=O) groups excluding carboxylic acids is 1. The summed E-state index contributed by atoms with van der Waals surface area (Å²) in [7, 11) is 0. The van der Waals surface area contributed by atoms with Gasteiger partial charge in [-0.05, 0) is 60.5 Å². The number of carbonyl (C=O) groups is 1. The molecule has 2 aromatic carbocycles. The highest BCUT2D eigenvalue weighted by Crippen LogP contribution is 2.26. The lowest BCUT2D eigenvalue weighted by Crippen LogP contribution is -2.23. The predicted octanol–water partition coefficient (Wildman–Crippen LogP) is 3.68. The minimum absolute atomic E-state index is 0.181. The molecule has 27 heavy (non-hydrogen) atoms. The number of amides is 1. The Labute approximate surface area is 159 Å². The molecule has 9 heteroatoms. The molecule has 0 fully saturated rings. The molecule has 1 N–H and O–H groups in total. The van der Waals surface area contributed by atoms with E-state index in [0.29, 0.717) is 5.16 Å². The van der Waals surface area contributed by atoms with E-state index in [2.05, 4.69) is 20.8 Å². The van der Waals surface area contributed by atoms with Crippen molar-refractivity contribution in [3.05, 3.63) is 59.2 Å². The molecule has 1 aromatic heterocycles. The van der Waals surface area contributed by atoms with Crippen LogP contribution in [0, 0.1) is 25.5 Å².